The molecule has 1 fully saturated rings. The first-order valence-electron chi connectivity index (χ1n) is 40.4. The number of amides is 15. The Balaban J connectivity index is 2.53. The Morgan fingerprint density at radius 1 is 0.416 bits per heavy atom. The predicted octanol–water partition coefficient (Wildman–Crippen LogP) is -7.84. The summed E-state index contributed by atoms with van der Waals surface area (Å²) in [5, 5.41) is 120. The third-order valence-electron chi connectivity index (χ3n) is 19.6. The van der Waals surface area contributed by atoms with E-state index in [0.717, 1.165) is 18.7 Å². The van der Waals surface area contributed by atoms with Gasteiger partial charge in [0.1, 0.15) is 96.4 Å². The maximum Gasteiger partial charge on any atom is 0.328 e. The van der Waals surface area contributed by atoms with Crippen molar-refractivity contribution in [2.24, 2.45) is 23.1 Å². The summed E-state index contributed by atoms with van der Waals surface area (Å²) < 4.78 is 0. The van der Waals surface area contributed by atoms with Crippen molar-refractivity contribution in [1.29, 1.82) is 0 Å². The van der Waals surface area contributed by atoms with Gasteiger partial charge in [0.2, 0.25) is 88.6 Å². The molecule has 29 N–H and O–H groups in total. The zero-order valence-corrected chi connectivity index (χ0v) is 70.8. The van der Waals surface area contributed by atoms with Crippen molar-refractivity contribution in [3.63, 3.8) is 0 Å². The quantitative estimate of drug-likeness (QED) is 0.0269. The zero-order chi connectivity index (χ0) is 94.3. The molecule has 700 valence electrons. The lowest BCUT2D eigenvalue weighted by molar-refractivity contribution is -0.145. The Labute approximate surface area is 722 Å². The number of nitrogens with zero attached hydrogens (tertiary/aromatic N) is 1. The van der Waals surface area contributed by atoms with Gasteiger partial charge in [0.25, 0.3) is 0 Å². The number of phenols is 1. The Bertz CT molecular complexity index is 3880. The second kappa shape index (κ2) is 57.5. The summed E-state index contributed by atoms with van der Waals surface area (Å²) in [4.78, 5) is 283. The SMILES string of the molecule is CC[C@H](C)[C@H](NC(=O)[C@H](CCC(=O)O)NC(=O)[C@H](C)NC(=O)[C@H](CCSC)NC(=O)[C@H](CC(=O)O)NC(=O)[C@@H]1CCCN1C(=O)[C@H](CCCCN)NC(=O)[C@H](CC(=O)O)NC(=O)[C@H](CO)NC(C)=O)C(=O)N[C@@H](CCC(=O)O)C(=O)N[C@@H](CCCCN)C(=O)N[C@@H](Cc1ccc(O)cc1)C(=O)N[C@@H](CC(=O)O)C(=O)N[C@@H](CCCCN)C(=O)N[C@@H](CO)C(=O)O. The number of hydrogen-bond donors (Lipinski definition) is 26. The summed E-state index contributed by atoms with van der Waals surface area (Å²) >= 11 is 1.17. The van der Waals surface area contributed by atoms with Gasteiger partial charge in [0.05, 0.1) is 32.5 Å². The van der Waals surface area contributed by atoms with Crippen molar-refractivity contribution < 1.29 is 147 Å². The van der Waals surface area contributed by atoms with Gasteiger partial charge in [-0.1, -0.05) is 32.4 Å². The van der Waals surface area contributed by atoms with Crippen LogP contribution in [0.5, 0.6) is 5.75 Å². The molecule has 0 aliphatic carbocycles. The molecule has 0 unspecified atom stereocenters. The highest BCUT2D eigenvalue weighted by Gasteiger charge is 2.43. The van der Waals surface area contributed by atoms with E-state index in [0.29, 0.717) is 12.8 Å². The third kappa shape index (κ3) is 40.5. The molecule has 15 amide bonds. The highest BCUT2D eigenvalue weighted by molar-refractivity contribution is 7.98. The Kier molecular flexibility index (Phi) is 50.2. The molecule has 1 aliphatic heterocycles. The van der Waals surface area contributed by atoms with Crippen molar-refractivity contribution >= 4 is 136 Å². The minimum absolute atomic E-state index is 0.0431. The minimum atomic E-state index is -2.03. The summed E-state index contributed by atoms with van der Waals surface area (Å²) in [6.07, 6.45) is -4.73. The number of unbranched alkanes of at least 4 members (excludes halogenated alkanes) is 3. The van der Waals surface area contributed by atoms with E-state index in [1.54, 1.807) is 13.2 Å². The molecule has 49 heteroatoms. The molecule has 125 heavy (non-hydrogen) atoms. The number of carboxylic acids is 6. The molecule has 1 aromatic carbocycles. The van der Waals surface area contributed by atoms with E-state index >= 15 is 0 Å². The first-order chi connectivity index (χ1) is 59.0. The first-order valence-corrected chi connectivity index (χ1v) is 41.8. The number of hydrogen-bond acceptors (Lipinski definition) is 28. The van der Waals surface area contributed by atoms with Gasteiger partial charge in [-0.05, 0) is 152 Å². The Morgan fingerprint density at radius 3 is 1.19 bits per heavy atom. The van der Waals surface area contributed by atoms with E-state index < -0.39 is 286 Å². The molecule has 1 saturated heterocycles. The molecule has 0 bridgehead atoms. The first kappa shape index (κ1) is 109. The van der Waals surface area contributed by atoms with Crippen molar-refractivity contribution in [3.05, 3.63) is 29.8 Å². The topological polar surface area (TPSA) is 790 Å². The summed E-state index contributed by atoms with van der Waals surface area (Å²) in [7, 11) is 0. The van der Waals surface area contributed by atoms with E-state index in [4.69, 9.17) is 17.2 Å². The smallest absolute Gasteiger partial charge is 0.328 e. The molecule has 1 aliphatic rings. The monoisotopic (exact) mass is 1800 g/mol. The number of rotatable bonds is 62. The van der Waals surface area contributed by atoms with Crippen molar-refractivity contribution in [2.45, 2.75) is 253 Å². The van der Waals surface area contributed by atoms with E-state index in [-0.39, 0.29) is 114 Å². The molecule has 1 aromatic rings. The van der Waals surface area contributed by atoms with Gasteiger partial charge in [0.15, 0.2) is 0 Å². The zero-order valence-electron chi connectivity index (χ0n) is 70.0. The maximum atomic E-state index is 14.6. The fraction of sp³-hybridized carbons (Fsp3) is 0.645. The van der Waals surface area contributed by atoms with Crippen molar-refractivity contribution in [3.8, 4) is 5.75 Å². The number of carbonyl (C=O) groups excluding carboxylic acids is 15. The van der Waals surface area contributed by atoms with Crippen molar-refractivity contribution in [1.82, 2.24) is 79.3 Å². The van der Waals surface area contributed by atoms with Gasteiger partial charge in [0, 0.05) is 32.7 Å². The molecule has 1 heterocycles. The average molecular weight is 1800 g/mol. The molecular weight excluding hydrogens is 1680 g/mol. The van der Waals surface area contributed by atoms with Gasteiger partial charge in [-0.2, -0.15) is 11.8 Å². The summed E-state index contributed by atoms with van der Waals surface area (Å²) in [5.41, 5.74) is 17.3. The number of benzene rings is 1. The number of nitrogens with two attached hydrogens (primary N) is 3. The number of aliphatic hydroxyl groups excluding tert-OH is 2. The molecule has 48 nitrogen and oxygen atoms in total. The standard InChI is InChI=1S/C76H120N18O30S/c1-6-38(2)61(74(121)86-45(22-24-56(99)100)66(113)83-43(14-7-10-27-77)64(111)88-49(32-41-18-20-42(98)21-19-41)68(115)89-50(33-58(103)104)69(116)84-44(15-8-11-28-78)65(112)92-54(37-96)76(123)124)93-67(114)46(23-25-57(101)102)82-62(109)39(3)80-63(110)47(26-31-125-5)85-70(117)52(35-60(107)108)91-73(120)55-17-13-30-94(55)75(122)48(16-9-12-29-79)87-71(118)51(34-59(105)106)90-72(119)53(36-95)81-40(4)97/h18-21,38-39,43-55,61,95-96,98H,6-17,22-37,77-79H2,1-5H3,(H,80,110)(H,81,97)(H,82,109)(H,83,113)(H,84,116)(H,85,117)(H,86,121)(H,87,118)(H,88,111)(H,89,115)(H,90,119)(H,91,120)(H,92,112)(H,93,114)(H,99,100)(H,101,102)(H,103,104)(H,105,106)(H,107,108)(H,123,124)/t38-,39-,43-,44-,45-,46-,47-,48-,49-,50-,51-,52-,53-,54-,55-,61-/m0/s1. The maximum absolute atomic E-state index is 14.6. The van der Waals surface area contributed by atoms with Crippen LogP contribution in [-0.4, -0.2) is 317 Å². The van der Waals surface area contributed by atoms with Gasteiger partial charge in [-0.15, -0.1) is 0 Å². The van der Waals surface area contributed by atoms with E-state index in [1.807, 2.05) is 0 Å². The molecular formula is C76H120N18O30S. The second-order valence-corrected chi connectivity index (χ2v) is 30.6. The fourth-order valence-corrected chi connectivity index (χ4v) is 13.0. The van der Waals surface area contributed by atoms with Crippen molar-refractivity contribution in [2.75, 3.05) is 51.4 Å². The number of aliphatic hydroxyl groups is 2. The van der Waals surface area contributed by atoms with Crippen LogP contribution in [0.15, 0.2) is 24.3 Å². The van der Waals surface area contributed by atoms with E-state index in [1.165, 1.54) is 43.0 Å². The highest BCUT2D eigenvalue weighted by atomic mass is 32.2. The Morgan fingerprint density at radius 2 is 0.776 bits per heavy atom. The lowest BCUT2D eigenvalue weighted by Crippen LogP contribution is -2.61. The Hall–Kier alpha value is -12.0. The minimum Gasteiger partial charge on any atom is -0.508 e. The molecule has 16 atom stereocenters. The van der Waals surface area contributed by atoms with Crippen LogP contribution in [0.1, 0.15) is 162 Å². The number of likely N-dealkylation sites (tertiary alicyclic amines) is 1. The summed E-state index contributed by atoms with van der Waals surface area (Å²) in [6, 6.07) is -21.0. The average Bonchev–Trinajstić information content (AvgIpc) is 1.75. The fourth-order valence-electron chi connectivity index (χ4n) is 12.5. The van der Waals surface area contributed by atoms with Crippen LogP contribution in [0.4, 0.5) is 0 Å². The second-order valence-electron chi connectivity index (χ2n) is 29.6. The number of carboxylic acid groups (broad SMARTS) is 6. The predicted molar refractivity (Wildman–Crippen MR) is 438 cm³/mol. The largest absolute Gasteiger partial charge is 0.508 e. The van der Waals surface area contributed by atoms with Gasteiger partial charge < -0.3 is 142 Å². The lowest BCUT2D eigenvalue weighted by atomic mass is 9.96. The molecule has 0 spiro atoms. The van der Waals surface area contributed by atoms with Crippen LogP contribution in [0.25, 0.3) is 0 Å². The lowest BCUT2D eigenvalue weighted by Gasteiger charge is -2.31. The van der Waals surface area contributed by atoms with E-state index in [2.05, 4.69) is 74.4 Å². The van der Waals surface area contributed by atoms with E-state index in [9.17, 15) is 147 Å². The van der Waals surface area contributed by atoms with Gasteiger partial charge >= 0.3 is 35.8 Å². The van der Waals surface area contributed by atoms with Crippen LogP contribution in [0, 0.1) is 5.92 Å². The number of aromatic hydroxyl groups is 1. The highest BCUT2D eigenvalue weighted by Crippen LogP contribution is 2.22. The van der Waals surface area contributed by atoms with Crippen LogP contribution in [0.2, 0.25) is 0 Å². The van der Waals surface area contributed by atoms with Crippen LogP contribution >= 0.6 is 11.8 Å². The summed E-state index contributed by atoms with van der Waals surface area (Å²) in [6.45, 7) is 3.28. The number of aliphatic carboxylic acids is 6. The van der Waals surface area contributed by atoms with Crippen LogP contribution in [-0.2, 0) is 107 Å². The molecule has 0 saturated carbocycles. The van der Waals surface area contributed by atoms with Crippen LogP contribution < -0.4 is 91.6 Å². The van der Waals surface area contributed by atoms with Gasteiger partial charge in [-0.3, -0.25) is 95.9 Å². The molecule has 2 rings (SSSR count). The summed E-state index contributed by atoms with van der Waals surface area (Å²) in [5.74, 6) is -27.6. The number of thioether (sulfide) groups is 1. The third-order valence-corrected chi connectivity index (χ3v) is 20.3. The molecule has 0 aromatic heterocycles. The molecule has 0 radical (unpaired) electrons. The normalized spacial score (nSPS) is 15.9. The number of phenolic OH excluding ortho intramolecular Hbond substituents is 1. The van der Waals surface area contributed by atoms with Crippen LogP contribution in [0.3, 0.4) is 0 Å². The number of carbonyl (C=O) groups is 21. The van der Waals surface area contributed by atoms with Gasteiger partial charge in [-0.25, -0.2) is 4.79 Å². The number of nitrogens with one attached hydrogen (secondary N) is 14.